The number of aryl methyl sites for hydroxylation is 2. The van der Waals surface area contributed by atoms with Crippen LogP contribution in [0.2, 0.25) is 0 Å². The molecule has 0 N–H and O–H groups in total. The van der Waals surface area contributed by atoms with Crippen LogP contribution in [0.4, 0.5) is 0 Å². The van der Waals surface area contributed by atoms with Crippen molar-refractivity contribution in [1.29, 1.82) is 0 Å². The predicted octanol–water partition coefficient (Wildman–Crippen LogP) is 5.49. The second-order valence-corrected chi connectivity index (χ2v) is 5.98. The Bertz CT molecular complexity index is 395. The number of ketones is 1. The van der Waals surface area contributed by atoms with Gasteiger partial charge >= 0.3 is 0 Å². The third-order valence-corrected chi connectivity index (χ3v) is 4.15. The topological polar surface area (TPSA) is 17.1 Å². The van der Waals surface area contributed by atoms with Crippen LogP contribution in [0.1, 0.15) is 69.9 Å². The van der Waals surface area contributed by atoms with Gasteiger partial charge in [0.15, 0.2) is 0 Å². The summed E-state index contributed by atoms with van der Waals surface area (Å²) in [5, 5.41) is 0. The summed E-state index contributed by atoms with van der Waals surface area (Å²) in [5.74, 6) is 1.18. The molecule has 0 saturated heterocycles. The lowest BCUT2D eigenvalue weighted by atomic mass is 9.92. The summed E-state index contributed by atoms with van der Waals surface area (Å²) in [7, 11) is 0. The van der Waals surface area contributed by atoms with Crippen molar-refractivity contribution in [3.05, 3.63) is 35.4 Å². The molecular weight excluding hydrogens is 244 g/mol. The van der Waals surface area contributed by atoms with Crippen LogP contribution in [0.5, 0.6) is 0 Å². The third kappa shape index (κ3) is 6.88. The quantitative estimate of drug-likeness (QED) is 0.551. The summed E-state index contributed by atoms with van der Waals surface area (Å²) in [4.78, 5) is 12.0. The maximum absolute atomic E-state index is 12.0. The Kier molecular flexibility index (Phi) is 8.25. The molecular formula is C19H30O. The Balaban J connectivity index is 2.26. The molecule has 0 aliphatic heterocycles. The van der Waals surface area contributed by atoms with Crippen LogP contribution < -0.4 is 0 Å². The van der Waals surface area contributed by atoms with Gasteiger partial charge in [-0.15, -0.1) is 0 Å². The monoisotopic (exact) mass is 274 g/mol. The molecule has 1 nitrogen and oxygen atoms in total. The maximum Gasteiger partial charge on any atom is 0.133 e. The first-order valence-electron chi connectivity index (χ1n) is 8.23. The molecule has 0 saturated carbocycles. The molecule has 0 aliphatic rings. The van der Waals surface area contributed by atoms with Crippen molar-refractivity contribution in [3.63, 3.8) is 0 Å². The average Bonchev–Trinajstić information content (AvgIpc) is 2.45. The van der Waals surface area contributed by atoms with Crippen LogP contribution in [-0.2, 0) is 11.2 Å². The minimum atomic E-state index is 0.432. The average molecular weight is 274 g/mol. The number of hydrogen-bond donors (Lipinski definition) is 0. The van der Waals surface area contributed by atoms with Crippen molar-refractivity contribution < 1.29 is 4.79 Å². The van der Waals surface area contributed by atoms with Gasteiger partial charge in [-0.1, -0.05) is 69.4 Å². The normalized spacial score (nSPS) is 12.3. The second-order valence-electron chi connectivity index (χ2n) is 5.98. The number of hydrogen-bond acceptors (Lipinski definition) is 1. The molecule has 1 atom stereocenters. The molecule has 1 unspecified atom stereocenters. The van der Waals surface area contributed by atoms with E-state index in [0.29, 0.717) is 12.2 Å². The highest BCUT2D eigenvalue weighted by atomic mass is 16.1. The van der Waals surface area contributed by atoms with Gasteiger partial charge in [-0.2, -0.15) is 0 Å². The van der Waals surface area contributed by atoms with Crippen molar-refractivity contribution in [2.24, 2.45) is 5.92 Å². The van der Waals surface area contributed by atoms with Crippen molar-refractivity contribution in [3.8, 4) is 0 Å². The van der Waals surface area contributed by atoms with Gasteiger partial charge in [-0.25, -0.2) is 0 Å². The first-order chi connectivity index (χ1) is 9.65. The predicted molar refractivity (Wildman–Crippen MR) is 87.0 cm³/mol. The fourth-order valence-corrected chi connectivity index (χ4v) is 2.69. The minimum absolute atomic E-state index is 0.432. The zero-order valence-electron chi connectivity index (χ0n) is 13.5. The number of rotatable bonds is 10. The summed E-state index contributed by atoms with van der Waals surface area (Å²) >= 11 is 0. The summed E-state index contributed by atoms with van der Waals surface area (Å²) in [5.41, 5.74) is 2.57. The number of carbonyl (C=O) groups excluding carboxylic acids is 1. The first kappa shape index (κ1) is 16.9. The lowest BCUT2D eigenvalue weighted by Crippen LogP contribution is -2.05. The SMILES string of the molecule is CCCCC(CC)CCC(=O)CCc1cccc(C)c1. The summed E-state index contributed by atoms with van der Waals surface area (Å²) in [6, 6.07) is 8.48. The number of benzene rings is 1. The molecule has 1 aromatic carbocycles. The van der Waals surface area contributed by atoms with E-state index in [-0.39, 0.29) is 0 Å². The lowest BCUT2D eigenvalue weighted by Gasteiger charge is -2.13. The summed E-state index contributed by atoms with van der Waals surface area (Å²) in [6.07, 6.45) is 8.52. The molecule has 1 rings (SSSR count). The Morgan fingerprint density at radius 3 is 2.60 bits per heavy atom. The second kappa shape index (κ2) is 9.74. The van der Waals surface area contributed by atoms with E-state index in [1.165, 1.54) is 36.8 Å². The standard InChI is InChI=1S/C19H30O/c1-4-6-9-17(5-2)11-13-19(20)14-12-18-10-7-8-16(3)15-18/h7-8,10,15,17H,4-6,9,11-14H2,1-3H3. The Hall–Kier alpha value is -1.11. The zero-order valence-corrected chi connectivity index (χ0v) is 13.5. The third-order valence-electron chi connectivity index (χ3n) is 4.15. The van der Waals surface area contributed by atoms with Crippen LogP contribution in [0.3, 0.4) is 0 Å². The molecule has 0 bridgehead atoms. The maximum atomic E-state index is 12.0. The van der Waals surface area contributed by atoms with Crippen molar-refractivity contribution in [2.75, 3.05) is 0 Å². The van der Waals surface area contributed by atoms with Gasteiger partial charge in [0.25, 0.3) is 0 Å². The summed E-state index contributed by atoms with van der Waals surface area (Å²) < 4.78 is 0. The van der Waals surface area contributed by atoms with Gasteiger partial charge in [-0.3, -0.25) is 4.79 Å². The molecule has 0 amide bonds. The largest absolute Gasteiger partial charge is 0.300 e. The molecule has 1 heteroatoms. The highest BCUT2D eigenvalue weighted by Crippen LogP contribution is 2.19. The van der Waals surface area contributed by atoms with Crippen molar-refractivity contribution in [1.82, 2.24) is 0 Å². The Morgan fingerprint density at radius 2 is 1.95 bits per heavy atom. The molecule has 0 fully saturated rings. The van der Waals surface area contributed by atoms with Crippen LogP contribution >= 0.6 is 0 Å². The van der Waals surface area contributed by atoms with Crippen molar-refractivity contribution >= 4 is 5.78 Å². The number of Topliss-reactive ketones (excluding diaryl/α,β-unsaturated/α-hetero) is 1. The fraction of sp³-hybridized carbons (Fsp3) is 0.632. The molecule has 0 aromatic heterocycles. The van der Waals surface area contributed by atoms with Gasteiger partial charge < -0.3 is 0 Å². The minimum Gasteiger partial charge on any atom is -0.300 e. The highest BCUT2D eigenvalue weighted by Gasteiger charge is 2.09. The highest BCUT2D eigenvalue weighted by molar-refractivity contribution is 5.78. The van der Waals surface area contributed by atoms with Gasteiger partial charge in [0.2, 0.25) is 0 Å². The smallest absolute Gasteiger partial charge is 0.133 e. The molecule has 112 valence electrons. The van der Waals surface area contributed by atoms with Gasteiger partial charge in [0.05, 0.1) is 0 Å². The molecule has 0 aliphatic carbocycles. The van der Waals surface area contributed by atoms with Crippen molar-refractivity contribution in [2.45, 2.75) is 72.1 Å². The van der Waals surface area contributed by atoms with Crippen LogP contribution in [-0.4, -0.2) is 5.78 Å². The number of carbonyl (C=O) groups is 1. The first-order valence-corrected chi connectivity index (χ1v) is 8.23. The molecule has 1 aromatic rings. The van der Waals surface area contributed by atoms with E-state index in [1.807, 2.05) is 0 Å². The molecule has 0 heterocycles. The van der Waals surface area contributed by atoms with Gasteiger partial charge in [0.1, 0.15) is 5.78 Å². The summed E-state index contributed by atoms with van der Waals surface area (Å²) in [6.45, 7) is 6.59. The van der Waals surface area contributed by atoms with E-state index in [9.17, 15) is 4.79 Å². The number of unbranched alkanes of at least 4 members (excludes halogenated alkanes) is 1. The fourth-order valence-electron chi connectivity index (χ4n) is 2.69. The van der Waals surface area contributed by atoms with Crippen LogP contribution in [0, 0.1) is 12.8 Å². The Labute approximate surface area is 124 Å². The molecule has 20 heavy (non-hydrogen) atoms. The van der Waals surface area contributed by atoms with Crippen LogP contribution in [0.15, 0.2) is 24.3 Å². The molecule has 0 spiro atoms. The van der Waals surface area contributed by atoms with E-state index < -0.39 is 0 Å². The van der Waals surface area contributed by atoms with E-state index >= 15 is 0 Å². The van der Waals surface area contributed by atoms with E-state index in [4.69, 9.17) is 0 Å². The lowest BCUT2D eigenvalue weighted by molar-refractivity contribution is -0.119. The Morgan fingerprint density at radius 1 is 1.15 bits per heavy atom. The zero-order chi connectivity index (χ0) is 14.8. The van der Waals surface area contributed by atoms with E-state index in [1.54, 1.807) is 0 Å². The van der Waals surface area contributed by atoms with E-state index in [0.717, 1.165) is 25.2 Å². The van der Waals surface area contributed by atoms with Crippen LogP contribution in [0.25, 0.3) is 0 Å². The van der Waals surface area contributed by atoms with E-state index in [2.05, 4.69) is 45.0 Å². The van der Waals surface area contributed by atoms with Gasteiger partial charge in [-0.05, 0) is 31.2 Å². The molecule has 0 radical (unpaired) electrons. The van der Waals surface area contributed by atoms with Gasteiger partial charge in [0, 0.05) is 12.8 Å².